The number of hydrogen-bond acceptors (Lipinski definition) is 2. The number of amides is 2. The number of urea groups is 1. The third kappa shape index (κ3) is 4.58. The zero-order chi connectivity index (χ0) is 5.70. The predicted molar refractivity (Wildman–Crippen MR) is 21.9 cm³/mol. The number of carbonyl (C=O) groups is 1. The first-order valence-corrected chi connectivity index (χ1v) is 1.37. The molecular weight excluding hydrogens is 98.0 g/mol. The van der Waals surface area contributed by atoms with Crippen molar-refractivity contribution in [2.24, 2.45) is 11.0 Å². The molecule has 0 saturated heterocycles. The minimum Gasteiger partial charge on any atom is -0.331 e. The van der Waals surface area contributed by atoms with E-state index < -0.39 is 6.03 Å². The lowest BCUT2D eigenvalue weighted by molar-refractivity contribution is 0.249. The van der Waals surface area contributed by atoms with Crippen molar-refractivity contribution in [3.05, 3.63) is 10.4 Å². The molecule has 38 valence electrons. The highest BCUT2D eigenvalue weighted by atomic mass is 16.2. The van der Waals surface area contributed by atoms with E-state index in [0.717, 1.165) is 0 Å². The SMILES string of the molecule is [N-]=[N+]=NNC(N)=O. The fourth-order valence-corrected chi connectivity index (χ4v) is 0.0716. The Kier molecular flexibility index (Phi) is 2.23. The summed E-state index contributed by atoms with van der Waals surface area (Å²) in [6.45, 7) is 0. The Bertz CT molecular complexity index is 111. The molecule has 0 heterocycles. The van der Waals surface area contributed by atoms with Gasteiger partial charge in [-0.1, -0.05) is 0 Å². The molecule has 0 rings (SSSR count). The van der Waals surface area contributed by atoms with Crippen LogP contribution in [-0.2, 0) is 0 Å². The molecule has 0 spiro atoms. The molecular formula is CH3N5O. The molecule has 0 saturated carbocycles. The van der Waals surface area contributed by atoms with Gasteiger partial charge in [0.1, 0.15) is 0 Å². The Morgan fingerprint density at radius 3 is 2.71 bits per heavy atom. The molecule has 0 bridgehead atoms. The fourth-order valence-electron chi connectivity index (χ4n) is 0.0716. The van der Waals surface area contributed by atoms with Gasteiger partial charge in [-0.15, -0.1) is 5.53 Å². The van der Waals surface area contributed by atoms with Crippen LogP contribution in [0.2, 0.25) is 0 Å². The Balaban J connectivity index is 3.32. The van der Waals surface area contributed by atoms with Crippen LogP contribution in [0.15, 0.2) is 5.22 Å². The van der Waals surface area contributed by atoms with Gasteiger partial charge in [0.05, 0.1) is 0 Å². The lowest BCUT2D eigenvalue weighted by atomic mass is 11.2. The van der Waals surface area contributed by atoms with E-state index in [0.29, 0.717) is 0 Å². The molecule has 0 aromatic rings. The number of carbonyl (C=O) groups excluding carboxylic acids is 1. The molecule has 2 amide bonds. The van der Waals surface area contributed by atoms with Crippen molar-refractivity contribution in [3.63, 3.8) is 0 Å². The topological polar surface area (TPSA) is 104 Å². The standard InChI is InChI=1S/CH3N5O/c2-1(7)4-6-5-3/h(H3,2,4,7). The van der Waals surface area contributed by atoms with Gasteiger partial charge in [0.25, 0.3) is 0 Å². The van der Waals surface area contributed by atoms with Crippen LogP contribution in [0.4, 0.5) is 4.79 Å². The van der Waals surface area contributed by atoms with Gasteiger partial charge in [-0.05, 0) is 5.22 Å². The largest absolute Gasteiger partial charge is 0.407 e. The minimum absolute atomic E-state index is 0.863. The normalized spacial score (nSPS) is 6.29. The third-order valence-electron chi connectivity index (χ3n) is 0.205. The van der Waals surface area contributed by atoms with E-state index in [2.05, 4.69) is 15.9 Å². The van der Waals surface area contributed by atoms with Crippen molar-refractivity contribution >= 4 is 6.03 Å². The number of azide groups is 1. The molecule has 0 aliphatic heterocycles. The smallest absolute Gasteiger partial charge is 0.331 e. The van der Waals surface area contributed by atoms with E-state index in [4.69, 9.17) is 5.53 Å². The number of nitrogens with zero attached hydrogens (tertiary/aromatic N) is 3. The zero-order valence-corrected chi connectivity index (χ0v) is 3.33. The maximum atomic E-state index is 9.60. The number of nitrogens with one attached hydrogen (secondary N) is 1. The second-order valence-electron chi connectivity index (χ2n) is 0.665. The Hall–Kier alpha value is -1.42. The summed E-state index contributed by atoms with van der Waals surface area (Å²) in [4.78, 5) is 11.8. The summed E-state index contributed by atoms with van der Waals surface area (Å²) in [5.74, 6) is 0. The predicted octanol–water partition coefficient (Wildman–Crippen LogP) is -0.120. The number of hydrogen-bond donors (Lipinski definition) is 2. The highest BCUT2D eigenvalue weighted by Crippen LogP contribution is 1.56. The monoisotopic (exact) mass is 101 g/mol. The van der Waals surface area contributed by atoms with Crippen molar-refractivity contribution in [2.45, 2.75) is 0 Å². The van der Waals surface area contributed by atoms with Crippen molar-refractivity contribution in [1.29, 1.82) is 0 Å². The van der Waals surface area contributed by atoms with Gasteiger partial charge in [0.2, 0.25) is 0 Å². The molecule has 0 unspecified atom stereocenters. The van der Waals surface area contributed by atoms with Crippen LogP contribution < -0.4 is 11.2 Å². The molecule has 7 heavy (non-hydrogen) atoms. The second kappa shape index (κ2) is 2.80. The third-order valence-corrected chi connectivity index (χ3v) is 0.205. The first kappa shape index (κ1) is 5.58. The van der Waals surface area contributed by atoms with Crippen molar-refractivity contribution in [1.82, 2.24) is 5.43 Å². The summed E-state index contributed by atoms with van der Waals surface area (Å²) in [5, 5.41) is 2.63. The summed E-state index contributed by atoms with van der Waals surface area (Å²) >= 11 is 0. The van der Waals surface area contributed by atoms with Crippen LogP contribution in [-0.4, -0.2) is 6.03 Å². The van der Waals surface area contributed by atoms with Gasteiger partial charge in [-0.2, -0.15) is 10.3 Å². The fraction of sp³-hybridized carbons (Fsp3) is 0. The van der Waals surface area contributed by atoms with E-state index in [-0.39, 0.29) is 0 Å². The van der Waals surface area contributed by atoms with Crippen LogP contribution in [0.3, 0.4) is 0 Å². The average molecular weight is 101 g/mol. The number of rotatable bonds is 1. The van der Waals surface area contributed by atoms with E-state index >= 15 is 0 Å². The van der Waals surface area contributed by atoms with Crippen LogP contribution in [0, 0.1) is 0 Å². The van der Waals surface area contributed by atoms with Crippen LogP contribution in [0.25, 0.3) is 10.4 Å². The highest BCUT2D eigenvalue weighted by Gasteiger charge is 1.84. The van der Waals surface area contributed by atoms with E-state index in [1.54, 1.807) is 5.43 Å². The second-order valence-corrected chi connectivity index (χ2v) is 0.665. The first-order valence-electron chi connectivity index (χ1n) is 1.37. The van der Waals surface area contributed by atoms with Crippen molar-refractivity contribution in [3.8, 4) is 0 Å². The van der Waals surface area contributed by atoms with Crippen LogP contribution in [0.1, 0.15) is 0 Å². The summed E-state index contributed by atoms with van der Waals surface area (Å²) in [7, 11) is 0. The quantitative estimate of drug-likeness (QED) is 0.204. The molecule has 0 aromatic heterocycles. The maximum absolute atomic E-state index is 9.60. The van der Waals surface area contributed by atoms with Crippen LogP contribution in [0.5, 0.6) is 0 Å². The molecule has 6 heteroatoms. The molecule has 3 N–H and O–H groups in total. The molecule has 0 aliphatic rings. The highest BCUT2D eigenvalue weighted by molar-refractivity contribution is 5.70. The van der Waals surface area contributed by atoms with Crippen molar-refractivity contribution < 1.29 is 4.79 Å². The molecule has 0 atom stereocenters. The number of primary amides is 1. The van der Waals surface area contributed by atoms with Gasteiger partial charge in [-0.3, -0.25) is 0 Å². The van der Waals surface area contributed by atoms with E-state index in [1.165, 1.54) is 0 Å². The Morgan fingerprint density at radius 2 is 2.57 bits per heavy atom. The van der Waals surface area contributed by atoms with Gasteiger partial charge < -0.3 is 5.73 Å². The van der Waals surface area contributed by atoms with E-state index in [1.807, 2.05) is 0 Å². The van der Waals surface area contributed by atoms with Gasteiger partial charge in [0, 0.05) is 0 Å². The lowest BCUT2D eigenvalue weighted by Crippen LogP contribution is -2.23. The Labute approximate surface area is 38.9 Å². The van der Waals surface area contributed by atoms with E-state index in [9.17, 15) is 4.79 Å². The first-order chi connectivity index (χ1) is 3.27. The van der Waals surface area contributed by atoms with Gasteiger partial charge >= 0.3 is 6.03 Å². The Morgan fingerprint density at radius 1 is 2.00 bits per heavy atom. The van der Waals surface area contributed by atoms with Gasteiger partial charge in [-0.25, -0.2) is 4.79 Å². The van der Waals surface area contributed by atoms with Gasteiger partial charge in [0.15, 0.2) is 0 Å². The number of nitrogens with two attached hydrogens (primary N) is 1. The molecule has 0 aromatic carbocycles. The molecule has 0 aliphatic carbocycles. The molecule has 0 radical (unpaired) electrons. The minimum atomic E-state index is -0.863. The average Bonchev–Trinajstić information content (AvgIpc) is 1.61. The van der Waals surface area contributed by atoms with Crippen LogP contribution >= 0.6 is 0 Å². The molecule has 0 fully saturated rings. The molecule has 6 nitrogen and oxygen atoms in total. The summed E-state index contributed by atoms with van der Waals surface area (Å²) in [6.07, 6.45) is 0. The summed E-state index contributed by atoms with van der Waals surface area (Å²) < 4.78 is 0. The zero-order valence-electron chi connectivity index (χ0n) is 3.33. The summed E-state index contributed by atoms with van der Waals surface area (Å²) in [5.41, 5.74) is 13.6. The summed E-state index contributed by atoms with van der Waals surface area (Å²) in [6, 6.07) is -0.863. The lowest BCUT2D eigenvalue weighted by Gasteiger charge is -1.77. The maximum Gasteiger partial charge on any atom is 0.407 e. The van der Waals surface area contributed by atoms with Crippen molar-refractivity contribution in [2.75, 3.05) is 0 Å².